The van der Waals surface area contributed by atoms with Crippen molar-refractivity contribution >= 4 is 61.5 Å². The number of primary amides is 1. The molecule has 0 fully saturated rings. The predicted octanol–water partition coefficient (Wildman–Crippen LogP) is 3.83. The fraction of sp³-hybridized carbons (Fsp3) is 0.0833. The first kappa shape index (κ1) is 13.8. The number of carbonyl (C=O) groups is 1. The third-order valence-corrected chi connectivity index (χ3v) is 5.60. The van der Waals surface area contributed by atoms with Crippen LogP contribution in [0.4, 0.5) is 5.69 Å². The zero-order chi connectivity index (χ0) is 13.1. The lowest BCUT2D eigenvalue weighted by atomic mass is 10.3. The van der Waals surface area contributed by atoms with Crippen molar-refractivity contribution in [1.29, 1.82) is 0 Å². The molecule has 0 atom stereocenters. The molecule has 0 aliphatic heterocycles. The summed E-state index contributed by atoms with van der Waals surface area (Å²) in [6.45, 7) is 0.685. The van der Waals surface area contributed by atoms with E-state index in [4.69, 9.17) is 5.73 Å². The van der Waals surface area contributed by atoms with E-state index in [-0.39, 0.29) is 5.91 Å². The Labute approximate surface area is 131 Å². The zero-order valence-corrected chi connectivity index (χ0v) is 13.8. The van der Waals surface area contributed by atoms with Gasteiger partial charge in [-0.15, -0.1) is 11.3 Å². The summed E-state index contributed by atoms with van der Waals surface area (Å²) in [7, 11) is 0. The quantitative estimate of drug-likeness (QED) is 0.715. The van der Waals surface area contributed by atoms with Crippen molar-refractivity contribution in [3.8, 4) is 0 Å². The third kappa shape index (κ3) is 3.46. The zero-order valence-electron chi connectivity index (χ0n) is 9.24. The molecule has 2 rings (SSSR count). The molecule has 94 valence electrons. The van der Waals surface area contributed by atoms with Crippen LogP contribution in [0.25, 0.3) is 0 Å². The van der Waals surface area contributed by atoms with Gasteiger partial charge >= 0.3 is 0 Å². The number of hydrogen-bond acceptors (Lipinski definition) is 3. The fourth-order valence-corrected chi connectivity index (χ4v) is 2.93. The minimum atomic E-state index is -0.380. The van der Waals surface area contributed by atoms with E-state index >= 15 is 0 Å². The maximum absolute atomic E-state index is 11.0. The van der Waals surface area contributed by atoms with Crippen molar-refractivity contribution in [2.75, 3.05) is 5.32 Å². The van der Waals surface area contributed by atoms with Crippen LogP contribution in [0.2, 0.25) is 0 Å². The summed E-state index contributed by atoms with van der Waals surface area (Å²) in [4.78, 5) is 12.1. The highest BCUT2D eigenvalue weighted by Crippen LogP contribution is 2.24. The highest BCUT2D eigenvalue weighted by molar-refractivity contribution is 14.1. The number of anilines is 1. The van der Waals surface area contributed by atoms with Gasteiger partial charge < -0.3 is 11.1 Å². The molecule has 3 nitrogen and oxygen atoms in total. The van der Waals surface area contributed by atoms with Crippen LogP contribution < -0.4 is 11.1 Å². The van der Waals surface area contributed by atoms with E-state index < -0.39 is 0 Å². The number of nitrogens with one attached hydrogen (secondary N) is 1. The number of halogens is 2. The predicted molar refractivity (Wildman–Crippen MR) is 87.0 cm³/mol. The number of benzene rings is 1. The van der Waals surface area contributed by atoms with Crippen molar-refractivity contribution in [3.05, 3.63) is 48.1 Å². The van der Waals surface area contributed by atoms with Crippen LogP contribution in [0.5, 0.6) is 0 Å². The highest BCUT2D eigenvalue weighted by Gasteiger charge is 2.05. The largest absolute Gasteiger partial charge is 0.380 e. The van der Waals surface area contributed by atoms with Crippen LogP contribution in [-0.2, 0) is 6.54 Å². The van der Waals surface area contributed by atoms with Crippen LogP contribution in [-0.4, -0.2) is 5.91 Å². The van der Waals surface area contributed by atoms with Gasteiger partial charge in [-0.1, -0.05) is 0 Å². The Morgan fingerprint density at radius 2 is 2.22 bits per heavy atom. The molecule has 0 radical (unpaired) electrons. The molecule has 0 bridgehead atoms. The van der Waals surface area contributed by atoms with Gasteiger partial charge in [-0.25, -0.2) is 0 Å². The minimum absolute atomic E-state index is 0.380. The molecule has 1 aromatic carbocycles. The molecule has 2 aromatic rings. The van der Waals surface area contributed by atoms with Crippen LogP contribution in [0.1, 0.15) is 15.2 Å². The Morgan fingerprint density at radius 3 is 2.83 bits per heavy atom. The SMILES string of the molecule is NC(=O)c1csc(CNc2ccc(I)c(Br)c2)c1. The molecule has 0 saturated carbocycles. The number of hydrogen-bond donors (Lipinski definition) is 2. The molecule has 6 heteroatoms. The van der Waals surface area contributed by atoms with E-state index in [1.807, 2.05) is 24.3 Å². The average molecular weight is 437 g/mol. The first-order valence-corrected chi connectivity index (χ1v) is 7.87. The highest BCUT2D eigenvalue weighted by atomic mass is 127. The van der Waals surface area contributed by atoms with E-state index in [0.29, 0.717) is 12.1 Å². The smallest absolute Gasteiger partial charge is 0.249 e. The van der Waals surface area contributed by atoms with Gasteiger partial charge in [0.25, 0.3) is 0 Å². The van der Waals surface area contributed by atoms with E-state index in [1.165, 1.54) is 14.9 Å². The molecule has 1 aromatic heterocycles. The van der Waals surface area contributed by atoms with Gasteiger partial charge in [0.1, 0.15) is 0 Å². The second-order valence-corrected chi connectivity index (χ2v) is 6.66. The second kappa shape index (κ2) is 6.03. The number of rotatable bonds is 4. The van der Waals surface area contributed by atoms with Gasteiger partial charge in [0, 0.05) is 30.5 Å². The van der Waals surface area contributed by atoms with Crippen LogP contribution >= 0.6 is 49.9 Å². The van der Waals surface area contributed by atoms with E-state index in [2.05, 4.69) is 43.8 Å². The monoisotopic (exact) mass is 436 g/mol. The summed E-state index contributed by atoms with van der Waals surface area (Å²) in [5.41, 5.74) is 6.82. The van der Waals surface area contributed by atoms with Gasteiger partial charge in [0.15, 0.2) is 0 Å². The average Bonchev–Trinajstić information content (AvgIpc) is 2.79. The Balaban J connectivity index is 2.02. The van der Waals surface area contributed by atoms with Crippen molar-refractivity contribution in [3.63, 3.8) is 0 Å². The van der Waals surface area contributed by atoms with Gasteiger partial charge in [-0.05, 0) is 62.8 Å². The summed E-state index contributed by atoms with van der Waals surface area (Å²) in [6, 6.07) is 7.91. The minimum Gasteiger partial charge on any atom is -0.380 e. The number of nitrogens with two attached hydrogens (primary N) is 1. The van der Waals surface area contributed by atoms with Crippen molar-refractivity contribution in [1.82, 2.24) is 0 Å². The maximum Gasteiger partial charge on any atom is 0.249 e. The molecule has 1 heterocycles. The topological polar surface area (TPSA) is 55.1 Å². The Bertz CT molecular complexity index is 585. The molecule has 0 aliphatic carbocycles. The Kier molecular flexibility index (Phi) is 4.63. The molecule has 3 N–H and O–H groups in total. The first-order chi connectivity index (χ1) is 8.56. The van der Waals surface area contributed by atoms with Crippen molar-refractivity contribution in [2.45, 2.75) is 6.54 Å². The van der Waals surface area contributed by atoms with Crippen LogP contribution in [0, 0.1) is 3.57 Å². The Morgan fingerprint density at radius 1 is 1.44 bits per heavy atom. The van der Waals surface area contributed by atoms with E-state index in [9.17, 15) is 4.79 Å². The third-order valence-electron chi connectivity index (χ3n) is 2.32. The van der Waals surface area contributed by atoms with Crippen molar-refractivity contribution in [2.24, 2.45) is 5.73 Å². The number of thiophene rings is 1. The first-order valence-electron chi connectivity index (χ1n) is 5.12. The maximum atomic E-state index is 11.0. The summed E-state index contributed by atoms with van der Waals surface area (Å²) in [6.07, 6.45) is 0. The standard InChI is InChI=1S/C12H10BrIN2OS/c13-10-4-8(1-2-11(10)14)16-5-9-3-7(6-18-9)12(15)17/h1-4,6,16H,5H2,(H2,15,17). The normalized spacial score (nSPS) is 10.3. The Hall–Kier alpha value is -0.600. The second-order valence-electron chi connectivity index (χ2n) is 3.65. The van der Waals surface area contributed by atoms with Gasteiger partial charge in [-0.2, -0.15) is 0 Å². The molecule has 0 saturated heterocycles. The summed E-state index contributed by atoms with van der Waals surface area (Å²) in [5.74, 6) is -0.380. The van der Waals surface area contributed by atoms with Gasteiger partial charge in [0.05, 0.1) is 5.56 Å². The van der Waals surface area contributed by atoms with Crippen LogP contribution in [0.3, 0.4) is 0 Å². The van der Waals surface area contributed by atoms with Gasteiger partial charge in [-0.3, -0.25) is 4.79 Å². The lowest BCUT2D eigenvalue weighted by molar-refractivity contribution is 0.100. The molecular formula is C12H10BrIN2OS. The summed E-state index contributed by atoms with van der Waals surface area (Å²) in [5, 5.41) is 5.09. The van der Waals surface area contributed by atoms with Gasteiger partial charge in [0.2, 0.25) is 5.91 Å². The summed E-state index contributed by atoms with van der Waals surface area (Å²) < 4.78 is 2.24. The van der Waals surface area contributed by atoms with E-state index in [1.54, 1.807) is 5.38 Å². The molecule has 0 spiro atoms. The molecule has 18 heavy (non-hydrogen) atoms. The number of amides is 1. The lowest BCUT2D eigenvalue weighted by Crippen LogP contribution is -2.09. The molecule has 0 aliphatic rings. The van der Waals surface area contributed by atoms with Crippen molar-refractivity contribution < 1.29 is 4.79 Å². The molecule has 1 amide bonds. The van der Waals surface area contributed by atoms with Crippen LogP contribution in [0.15, 0.2) is 34.1 Å². The number of carbonyl (C=O) groups excluding carboxylic acids is 1. The molecular weight excluding hydrogens is 427 g/mol. The lowest BCUT2D eigenvalue weighted by Gasteiger charge is -2.06. The fourth-order valence-electron chi connectivity index (χ4n) is 1.40. The van der Waals surface area contributed by atoms with E-state index in [0.717, 1.165) is 15.0 Å². The molecule has 0 unspecified atom stereocenters. The summed E-state index contributed by atoms with van der Waals surface area (Å²) >= 11 is 7.28.